The number of hydrogen-bond donors (Lipinski definition) is 1. The van der Waals surface area contributed by atoms with Crippen LogP contribution in [0.1, 0.15) is 11.3 Å². The number of aromatic nitrogens is 3. The largest absolute Gasteiger partial charge is 0.418 e. The molecule has 5 nitrogen and oxygen atoms in total. The molecule has 0 aromatic carbocycles. The van der Waals surface area contributed by atoms with Crippen molar-refractivity contribution in [2.75, 3.05) is 0 Å². The molecule has 0 aliphatic heterocycles. The molecule has 0 aliphatic rings. The minimum atomic E-state index is -0.594. The SMILES string of the molecule is Cc1cc(-c2nc3ccc(F)nc3o2)cnc1CN. The van der Waals surface area contributed by atoms with Crippen LogP contribution in [-0.2, 0) is 6.54 Å². The van der Waals surface area contributed by atoms with Gasteiger partial charge in [0.2, 0.25) is 17.6 Å². The van der Waals surface area contributed by atoms with Crippen molar-refractivity contribution < 1.29 is 8.81 Å². The highest BCUT2D eigenvalue weighted by molar-refractivity contribution is 5.72. The number of oxazole rings is 1. The molecule has 0 atom stereocenters. The summed E-state index contributed by atoms with van der Waals surface area (Å²) in [6.07, 6.45) is 1.64. The van der Waals surface area contributed by atoms with Crippen LogP contribution in [0.3, 0.4) is 0 Å². The standard InChI is InChI=1S/C13H11FN4O/c1-7-4-8(6-16-10(7)5-15)12-17-9-2-3-11(14)18-13(9)19-12/h2-4,6H,5,15H2,1H3. The van der Waals surface area contributed by atoms with Gasteiger partial charge in [-0.1, -0.05) is 0 Å². The molecular weight excluding hydrogens is 247 g/mol. The number of aryl methyl sites for hydroxylation is 1. The van der Waals surface area contributed by atoms with Crippen LogP contribution in [0.2, 0.25) is 0 Å². The zero-order valence-electron chi connectivity index (χ0n) is 10.2. The van der Waals surface area contributed by atoms with Crippen molar-refractivity contribution in [3.63, 3.8) is 0 Å². The quantitative estimate of drug-likeness (QED) is 0.713. The first-order chi connectivity index (χ1) is 9.17. The molecule has 6 heteroatoms. The van der Waals surface area contributed by atoms with Gasteiger partial charge in [0.05, 0.1) is 11.3 Å². The van der Waals surface area contributed by atoms with E-state index in [1.54, 1.807) is 6.20 Å². The van der Waals surface area contributed by atoms with Gasteiger partial charge in [-0.2, -0.15) is 9.37 Å². The summed E-state index contributed by atoms with van der Waals surface area (Å²) in [5, 5.41) is 0. The van der Waals surface area contributed by atoms with Crippen molar-refractivity contribution >= 4 is 11.2 Å². The van der Waals surface area contributed by atoms with Gasteiger partial charge in [-0.3, -0.25) is 4.98 Å². The number of pyridine rings is 2. The third kappa shape index (κ3) is 2.06. The Hall–Kier alpha value is -2.34. The zero-order valence-corrected chi connectivity index (χ0v) is 10.2. The molecule has 3 aromatic heterocycles. The molecule has 0 amide bonds. The van der Waals surface area contributed by atoms with E-state index < -0.39 is 5.95 Å². The van der Waals surface area contributed by atoms with E-state index in [0.717, 1.165) is 11.3 Å². The van der Waals surface area contributed by atoms with E-state index >= 15 is 0 Å². The van der Waals surface area contributed by atoms with E-state index in [4.69, 9.17) is 10.2 Å². The second-order valence-corrected chi connectivity index (χ2v) is 4.17. The van der Waals surface area contributed by atoms with Gasteiger partial charge < -0.3 is 10.2 Å². The summed E-state index contributed by atoms with van der Waals surface area (Å²) in [6, 6.07) is 4.66. The van der Waals surface area contributed by atoms with Gasteiger partial charge in [0.15, 0.2) is 0 Å². The fourth-order valence-electron chi connectivity index (χ4n) is 1.85. The first kappa shape index (κ1) is 11.7. The first-order valence-corrected chi connectivity index (χ1v) is 5.76. The molecule has 0 fully saturated rings. The minimum absolute atomic E-state index is 0.176. The molecular formula is C13H11FN4O. The molecule has 0 radical (unpaired) electrons. The van der Waals surface area contributed by atoms with E-state index in [2.05, 4.69) is 15.0 Å². The van der Waals surface area contributed by atoms with Crippen LogP contribution in [0.5, 0.6) is 0 Å². The van der Waals surface area contributed by atoms with Gasteiger partial charge >= 0.3 is 0 Å². The van der Waals surface area contributed by atoms with Crippen molar-refractivity contribution in [3.8, 4) is 11.5 Å². The molecule has 3 aromatic rings. The maximum Gasteiger partial charge on any atom is 0.250 e. The normalized spacial score (nSPS) is 11.1. The van der Waals surface area contributed by atoms with Crippen LogP contribution in [-0.4, -0.2) is 15.0 Å². The second kappa shape index (κ2) is 4.40. The minimum Gasteiger partial charge on any atom is -0.418 e. The fourth-order valence-corrected chi connectivity index (χ4v) is 1.85. The van der Waals surface area contributed by atoms with Crippen LogP contribution in [0.15, 0.2) is 28.8 Å². The monoisotopic (exact) mass is 258 g/mol. The molecule has 0 unspecified atom stereocenters. The van der Waals surface area contributed by atoms with Crippen molar-refractivity contribution in [2.24, 2.45) is 5.73 Å². The van der Waals surface area contributed by atoms with Crippen molar-refractivity contribution in [1.82, 2.24) is 15.0 Å². The summed E-state index contributed by atoms with van der Waals surface area (Å²) in [4.78, 5) is 12.1. The Morgan fingerprint density at radius 1 is 1.32 bits per heavy atom. The van der Waals surface area contributed by atoms with E-state index in [-0.39, 0.29) is 5.71 Å². The van der Waals surface area contributed by atoms with E-state index in [9.17, 15) is 4.39 Å². The van der Waals surface area contributed by atoms with Gasteiger partial charge in [-0.05, 0) is 30.7 Å². The molecule has 0 spiro atoms. The average molecular weight is 258 g/mol. The fraction of sp³-hybridized carbons (Fsp3) is 0.154. The lowest BCUT2D eigenvalue weighted by Crippen LogP contribution is -2.02. The number of nitrogens with two attached hydrogens (primary N) is 1. The molecule has 0 bridgehead atoms. The Bertz CT molecular complexity index is 753. The smallest absolute Gasteiger partial charge is 0.250 e. The van der Waals surface area contributed by atoms with E-state index in [1.165, 1.54) is 12.1 Å². The zero-order chi connectivity index (χ0) is 13.4. The van der Waals surface area contributed by atoms with Crippen LogP contribution in [0.25, 0.3) is 22.7 Å². The topological polar surface area (TPSA) is 77.8 Å². The van der Waals surface area contributed by atoms with Crippen LogP contribution >= 0.6 is 0 Å². The van der Waals surface area contributed by atoms with Gasteiger partial charge in [-0.25, -0.2) is 4.98 Å². The Morgan fingerprint density at radius 3 is 2.89 bits per heavy atom. The van der Waals surface area contributed by atoms with Crippen LogP contribution in [0.4, 0.5) is 4.39 Å². The lowest BCUT2D eigenvalue weighted by atomic mass is 10.1. The molecule has 3 heterocycles. The molecule has 2 N–H and O–H groups in total. The predicted octanol–water partition coefficient (Wildman–Crippen LogP) is 2.19. The lowest BCUT2D eigenvalue weighted by Gasteiger charge is -2.02. The highest BCUT2D eigenvalue weighted by Crippen LogP contribution is 2.24. The maximum atomic E-state index is 13.0. The van der Waals surface area contributed by atoms with Gasteiger partial charge in [-0.15, -0.1) is 0 Å². The Kier molecular flexibility index (Phi) is 2.72. The molecule has 19 heavy (non-hydrogen) atoms. The molecule has 0 saturated heterocycles. The lowest BCUT2D eigenvalue weighted by molar-refractivity contribution is 0.558. The van der Waals surface area contributed by atoms with Gasteiger partial charge in [0.25, 0.3) is 0 Å². The summed E-state index contributed by atoms with van der Waals surface area (Å²) in [7, 11) is 0. The first-order valence-electron chi connectivity index (χ1n) is 5.76. The third-order valence-corrected chi connectivity index (χ3v) is 2.85. The second-order valence-electron chi connectivity index (χ2n) is 4.17. The number of halogens is 1. The molecule has 0 saturated carbocycles. The van der Waals surface area contributed by atoms with Crippen molar-refractivity contribution in [2.45, 2.75) is 13.5 Å². The van der Waals surface area contributed by atoms with Crippen molar-refractivity contribution in [3.05, 3.63) is 41.6 Å². The number of rotatable bonds is 2. The summed E-state index contributed by atoms with van der Waals surface area (Å²) >= 11 is 0. The third-order valence-electron chi connectivity index (χ3n) is 2.85. The summed E-state index contributed by atoms with van der Waals surface area (Å²) in [5.74, 6) is -0.227. The molecule has 3 rings (SSSR count). The molecule has 0 aliphatic carbocycles. The summed E-state index contributed by atoms with van der Waals surface area (Å²) in [5.41, 5.74) is 8.75. The van der Waals surface area contributed by atoms with Gasteiger partial charge in [0, 0.05) is 12.7 Å². The van der Waals surface area contributed by atoms with Crippen LogP contribution < -0.4 is 5.73 Å². The van der Waals surface area contributed by atoms with Gasteiger partial charge in [0.1, 0.15) is 5.52 Å². The highest BCUT2D eigenvalue weighted by Gasteiger charge is 2.11. The predicted molar refractivity (Wildman–Crippen MR) is 67.6 cm³/mol. The van der Waals surface area contributed by atoms with Crippen LogP contribution in [0, 0.1) is 12.9 Å². The Morgan fingerprint density at radius 2 is 2.16 bits per heavy atom. The number of fused-ring (bicyclic) bond motifs is 1. The number of hydrogen-bond acceptors (Lipinski definition) is 5. The molecule has 96 valence electrons. The summed E-state index contributed by atoms with van der Waals surface area (Å²) < 4.78 is 18.4. The van der Waals surface area contributed by atoms with E-state index in [1.807, 2.05) is 13.0 Å². The number of nitrogens with zero attached hydrogens (tertiary/aromatic N) is 3. The maximum absolute atomic E-state index is 13.0. The van der Waals surface area contributed by atoms with Crippen molar-refractivity contribution in [1.29, 1.82) is 0 Å². The Balaban J connectivity index is 2.11. The van der Waals surface area contributed by atoms with E-state index in [0.29, 0.717) is 23.5 Å². The highest BCUT2D eigenvalue weighted by atomic mass is 19.1. The summed E-state index contributed by atoms with van der Waals surface area (Å²) in [6.45, 7) is 2.30. The average Bonchev–Trinajstić information content (AvgIpc) is 2.81. The Labute approximate surface area is 108 Å².